The fourth-order valence-corrected chi connectivity index (χ4v) is 1.25. The molecule has 1 heterocycles. The first-order valence-corrected chi connectivity index (χ1v) is 4.80. The van der Waals surface area contributed by atoms with Crippen LogP contribution in [0.2, 0.25) is 0 Å². The number of hydrogen-bond acceptors (Lipinski definition) is 3. The maximum atomic E-state index is 11.4. The first kappa shape index (κ1) is 11.4. The Labute approximate surface area is 87.9 Å². The Morgan fingerprint density at radius 1 is 1.67 bits per heavy atom. The van der Waals surface area contributed by atoms with Gasteiger partial charge in [0.25, 0.3) is 0 Å². The summed E-state index contributed by atoms with van der Waals surface area (Å²) in [6.45, 7) is 2.16. The summed E-state index contributed by atoms with van der Waals surface area (Å²) in [7, 11) is 0. The van der Waals surface area contributed by atoms with Crippen LogP contribution in [-0.4, -0.2) is 29.7 Å². The van der Waals surface area contributed by atoms with Crippen LogP contribution in [0, 0.1) is 5.92 Å². The molecule has 2 N–H and O–H groups in total. The summed E-state index contributed by atoms with van der Waals surface area (Å²) in [6.07, 6.45) is 3.81. The first-order valence-electron chi connectivity index (χ1n) is 4.80. The molecule has 1 rings (SSSR count). The third kappa shape index (κ3) is 3.93. The Kier molecular flexibility index (Phi) is 4.03. The fourth-order valence-electron chi connectivity index (χ4n) is 1.25. The molecular formula is C10H14N2O3. The Bertz CT molecular complexity index is 321. The molecule has 1 atom stereocenters. The van der Waals surface area contributed by atoms with Crippen LogP contribution in [0.3, 0.4) is 0 Å². The van der Waals surface area contributed by atoms with Gasteiger partial charge in [-0.15, -0.1) is 0 Å². The van der Waals surface area contributed by atoms with Crippen LogP contribution >= 0.6 is 0 Å². The lowest BCUT2D eigenvalue weighted by atomic mass is 10.1. The summed E-state index contributed by atoms with van der Waals surface area (Å²) >= 11 is 0. The summed E-state index contributed by atoms with van der Waals surface area (Å²) < 4.78 is 0. The summed E-state index contributed by atoms with van der Waals surface area (Å²) in [5.41, 5.74) is 0.623. The lowest BCUT2D eigenvalue weighted by Crippen LogP contribution is -2.30. The van der Waals surface area contributed by atoms with Crippen LogP contribution in [0.25, 0.3) is 0 Å². The molecule has 0 radical (unpaired) electrons. The average Bonchev–Trinajstić information content (AvgIpc) is 2.65. The van der Waals surface area contributed by atoms with Crippen molar-refractivity contribution in [2.75, 3.05) is 6.54 Å². The van der Waals surface area contributed by atoms with Crippen molar-refractivity contribution in [2.24, 2.45) is 10.9 Å². The van der Waals surface area contributed by atoms with E-state index in [1.807, 2.05) is 0 Å². The third-order valence-corrected chi connectivity index (χ3v) is 2.07. The van der Waals surface area contributed by atoms with Gasteiger partial charge >= 0.3 is 5.97 Å². The molecule has 1 aliphatic heterocycles. The standard InChI is InChI=1S/C10H14N2O3/c1-7(4-9(13)14)5-12-10(15)8-2-3-11-6-8/h3,6-7H,2,4-5H2,1H3,(H,12,15)(H,13,14). The molecule has 5 heteroatoms. The number of rotatable bonds is 5. The molecule has 0 aromatic heterocycles. The van der Waals surface area contributed by atoms with Crippen molar-refractivity contribution in [3.8, 4) is 0 Å². The summed E-state index contributed by atoms with van der Waals surface area (Å²) in [6, 6.07) is 0. The number of carbonyl (C=O) groups is 2. The summed E-state index contributed by atoms with van der Waals surface area (Å²) in [5.74, 6) is -1.07. The molecule has 0 aromatic carbocycles. The molecule has 0 fully saturated rings. The zero-order valence-corrected chi connectivity index (χ0v) is 8.56. The van der Waals surface area contributed by atoms with Crippen molar-refractivity contribution in [3.63, 3.8) is 0 Å². The second kappa shape index (κ2) is 5.29. The van der Waals surface area contributed by atoms with Crippen LogP contribution in [0.4, 0.5) is 0 Å². The van der Waals surface area contributed by atoms with E-state index >= 15 is 0 Å². The topological polar surface area (TPSA) is 78.8 Å². The van der Waals surface area contributed by atoms with E-state index in [-0.39, 0.29) is 18.2 Å². The molecule has 1 unspecified atom stereocenters. The van der Waals surface area contributed by atoms with E-state index in [0.29, 0.717) is 18.5 Å². The second-order valence-electron chi connectivity index (χ2n) is 3.60. The summed E-state index contributed by atoms with van der Waals surface area (Å²) in [5, 5.41) is 11.2. The number of amides is 1. The number of aliphatic carboxylic acids is 1. The molecule has 5 nitrogen and oxygen atoms in total. The molecule has 82 valence electrons. The predicted octanol–water partition coefficient (Wildman–Crippen LogP) is 0.572. The minimum atomic E-state index is -0.847. The average molecular weight is 210 g/mol. The van der Waals surface area contributed by atoms with E-state index in [1.54, 1.807) is 13.1 Å². The van der Waals surface area contributed by atoms with Crippen molar-refractivity contribution in [1.29, 1.82) is 0 Å². The Morgan fingerprint density at radius 3 is 2.93 bits per heavy atom. The Hall–Kier alpha value is -1.65. The van der Waals surface area contributed by atoms with Gasteiger partial charge in [-0.1, -0.05) is 6.92 Å². The van der Waals surface area contributed by atoms with Crippen LogP contribution < -0.4 is 5.32 Å². The van der Waals surface area contributed by atoms with Crippen molar-refractivity contribution in [1.82, 2.24) is 5.32 Å². The number of carboxylic acids is 1. The zero-order chi connectivity index (χ0) is 11.3. The fraction of sp³-hybridized carbons (Fsp3) is 0.500. The highest BCUT2D eigenvalue weighted by Crippen LogP contribution is 2.06. The highest BCUT2D eigenvalue weighted by molar-refractivity contribution is 5.97. The lowest BCUT2D eigenvalue weighted by molar-refractivity contribution is -0.138. The van der Waals surface area contributed by atoms with Gasteiger partial charge in [0.05, 0.1) is 0 Å². The number of carboxylic acid groups (broad SMARTS) is 1. The van der Waals surface area contributed by atoms with Gasteiger partial charge in [0.2, 0.25) is 5.91 Å². The van der Waals surface area contributed by atoms with E-state index < -0.39 is 5.97 Å². The predicted molar refractivity (Wildman–Crippen MR) is 55.6 cm³/mol. The molecular weight excluding hydrogens is 196 g/mol. The monoisotopic (exact) mass is 210 g/mol. The van der Waals surface area contributed by atoms with Gasteiger partial charge in [-0.25, -0.2) is 0 Å². The Balaban J connectivity index is 2.25. The highest BCUT2D eigenvalue weighted by atomic mass is 16.4. The molecule has 0 saturated carbocycles. The van der Waals surface area contributed by atoms with E-state index in [0.717, 1.165) is 0 Å². The van der Waals surface area contributed by atoms with Gasteiger partial charge in [0, 0.05) is 37.4 Å². The minimum Gasteiger partial charge on any atom is -0.481 e. The Morgan fingerprint density at radius 2 is 2.40 bits per heavy atom. The first-order chi connectivity index (χ1) is 7.09. The quantitative estimate of drug-likeness (QED) is 0.696. The maximum Gasteiger partial charge on any atom is 0.303 e. The smallest absolute Gasteiger partial charge is 0.303 e. The molecule has 0 bridgehead atoms. The van der Waals surface area contributed by atoms with Crippen molar-refractivity contribution in [3.05, 3.63) is 11.8 Å². The van der Waals surface area contributed by atoms with Gasteiger partial charge in [-0.2, -0.15) is 0 Å². The third-order valence-electron chi connectivity index (χ3n) is 2.07. The van der Waals surface area contributed by atoms with E-state index in [2.05, 4.69) is 10.3 Å². The van der Waals surface area contributed by atoms with Gasteiger partial charge < -0.3 is 10.4 Å². The van der Waals surface area contributed by atoms with E-state index in [9.17, 15) is 9.59 Å². The second-order valence-corrected chi connectivity index (χ2v) is 3.60. The molecule has 0 aliphatic carbocycles. The van der Waals surface area contributed by atoms with Crippen LogP contribution in [0.1, 0.15) is 19.8 Å². The van der Waals surface area contributed by atoms with E-state index in [1.165, 1.54) is 6.20 Å². The van der Waals surface area contributed by atoms with Crippen molar-refractivity contribution < 1.29 is 14.7 Å². The van der Waals surface area contributed by atoms with Crippen LogP contribution in [0.5, 0.6) is 0 Å². The van der Waals surface area contributed by atoms with Crippen molar-refractivity contribution in [2.45, 2.75) is 19.8 Å². The molecule has 0 saturated heterocycles. The minimum absolute atomic E-state index is 0.0608. The highest BCUT2D eigenvalue weighted by Gasteiger charge is 2.13. The molecule has 0 spiro atoms. The number of carbonyl (C=O) groups excluding carboxylic acids is 1. The largest absolute Gasteiger partial charge is 0.481 e. The van der Waals surface area contributed by atoms with Crippen LogP contribution in [0.15, 0.2) is 16.8 Å². The van der Waals surface area contributed by atoms with Gasteiger partial charge in [0.15, 0.2) is 0 Å². The number of hydrogen-bond donors (Lipinski definition) is 2. The van der Waals surface area contributed by atoms with E-state index in [4.69, 9.17) is 5.11 Å². The van der Waals surface area contributed by atoms with Crippen molar-refractivity contribution >= 4 is 18.1 Å². The lowest BCUT2D eigenvalue weighted by Gasteiger charge is -2.10. The summed E-state index contributed by atoms with van der Waals surface area (Å²) in [4.78, 5) is 25.6. The molecule has 1 aliphatic rings. The molecule has 0 aromatic rings. The number of nitrogens with one attached hydrogen (secondary N) is 1. The number of aliphatic imine (C=N–C) groups is 1. The normalized spacial score (nSPS) is 15.9. The molecule has 1 amide bonds. The van der Waals surface area contributed by atoms with Gasteiger partial charge in [0.1, 0.15) is 0 Å². The SMILES string of the molecule is CC(CNC(=O)C1=CN=CC1)CC(=O)O. The maximum absolute atomic E-state index is 11.4. The van der Waals surface area contributed by atoms with Gasteiger partial charge in [-0.3, -0.25) is 14.6 Å². The zero-order valence-electron chi connectivity index (χ0n) is 8.56. The van der Waals surface area contributed by atoms with Crippen LogP contribution in [-0.2, 0) is 9.59 Å². The van der Waals surface area contributed by atoms with Gasteiger partial charge in [-0.05, 0) is 5.92 Å². The number of nitrogens with zero attached hydrogens (tertiary/aromatic N) is 1. The molecule has 15 heavy (non-hydrogen) atoms.